The second kappa shape index (κ2) is 8.13. The molecule has 29 heavy (non-hydrogen) atoms. The number of rotatable bonds is 5. The van der Waals surface area contributed by atoms with E-state index in [9.17, 15) is 0 Å². The van der Waals surface area contributed by atoms with E-state index in [0.29, 0.717) is 17.2 Å². The number of hydrogen-bond acceptors (Lipinski definition) is 4. The van der Waals surface area contributed by atoms with Gasteiger partial charge in [-0.05, 0) is 47.5 Å². The molecule has 4 aromatic rings. The number of hydrogen-bond donors (Lipinski definition) is 0. The molecule has 0 spiro atoms. The first-order chi connectivity index (χ1) is 14.1. The second-order valence-corrected chi connectivity index (χ2v) is 7.41. The summed E-state index contributed by atoms with van der Waals surface area (Å²) in [7, 11) is 4.82. The molecule has 3 aromatic carbocycles. The molecule has 0 aliphatic carbocycles. The third-order valence-electron chi connectivity index (χ3n) is 4.82. The van der Waals surface area contributed by atoms with Crippen LogP contribution in [0, 0.1) is 0 Å². The Morgan fingerprint density at radius 2 is 1.41 bits per heavy atom. The van der Waals surface area contributed by atoms with Gasteiger partial charge in [0.15, 0.2) is 11.5 Å². The van der Waals surface area contributed by atoms with Crippen LogP contribution < -0.4 is 14.2 Å². The molecule has 0 unspecified atom stereocenters. The Morgan fingerprint density at radius 1 is 0.724 bits per heavy atom. The van der Waals surface area contributed by atoms with E-state index in [1.165, 1.54) is 0 Å². The van der Waals surface area contributed by atoms with Crippen LogP contribution in [0.1, 0.15) is 0 Å². The van der Waals surface area contributed by atoms with Crippen molar-refractivity contribution in [2.45, 2.75) is 0 Å². The van der Waals surface area contributed by atoms with Gasteiger partial charge >= 0.3 is 0 Å². The van der Waals surface area contributed by atoms with Gasteiger partial charge in [0.1, 0.15) is 0 Å². The van der Waals surface area contributed by atoms with Gasteiger partial charge in [-0.2, -0.15) is 0 Å². The number of fused-ring (bicyclic) bond motifs is 1. The molecule has 0 saturated heterocycles. The fraction of sp³-hybridized carbons (Fsp3) is 0.125. The van der Waals surface area contributed by atoms with Gasteiger partial charge in [0.05, 0.1) is 32.5 Å². The molecule has 5 heteroatoms. The van der Waals surface area contributed by atoms with Gasteiger partial charge in [0.2, 0.25) is 5.75 Å². The average Bonchev–Trinajstić information content (AvgIpc) is 2.77. The number of ether oxygens (including phenoxy) is 3. The first-order valence-corrected chi connectivity index (χ1v) is 9.90. The summed E-state index contributed by atoms with van der Waals surface area (Å²) in [5, 5.41) is 1.08. The maximum Gasteiger partial charge on any atom is 0.203 e. The Labute approximate surface area is 178 Å². The Bertz CT molecular complexity index is 1150. The molecular formula is C24H20BrNO3. The summed E-state index contributed by atoms with van der Waals surface area (Å²) in [6.45, 7) is 0. The minimum Gasteiger partial charge on any atom is -0.493 e. The van der Waals surface area contributed by atoms with Crippen molar-refractivity contribution in [1.29, 1.82) is 0 Å². The van der Waals surface area contributed by atoms with Crippen molar-refractivity contribution in [3.63, 3.8) is 0 Å². The van der Waals surface area contributed by atoms with Crippen molar-refractivity contribution in [2.24, 2.45) is 0 Å². The van der Waals surface area contributed by atoms with E-state index >= 15 is 0 Å². The van der Waals surface area contributed by atoms with Crippen molar-refractivity contribution in [3.05, 3.63) is 71.2 Å². The zero-order chi connectivity index (χ0) is 20.4. The molecule has 0 fully saturated rings. The molecule has 0 amide bonds. The summed E-state index contributed by atoms with van der Waals surface area (Å²) in [6, 6.07) is 22.4. The zero-order valence-electron chi connectivity index (χ0n) is 16.4. The van der Waals surface area contributed by atoms with Crippen LogP contribution in [-0.2, 0) is 0 Å². The third kappa shape index (κ3) is 3.66. The van der Waals surface area contributed by atoms with Gasteiger partial charge in [0, 0.05) is 15.4 Å². The van der Waals surface area contributed by atoms with E-state index in [-0.39, 0.29) is 0 Å². The van der Waals surface area contributed by atoms with Gasteiger partial charge in [-0.25, -0.2) is 4.98 Å². The highest BCUT2D eigenvalue weighted by atomic mass is 79.9. The molecule has 0 radical (unpaired) electrons. The Hall–Kier alpha value is -3.05. The maximum absolute atomic E-state index is 5.52. The predicted octanol–water partition coefficient (Wildman–Crippen LogP) is 6.36. The molecule has 1 heterocycles. The molecule has 1 aromatic heterocycles. The smallest absolute Gasteiger partial charge is 0.203 e. The van der Waals surface area contributed by atoms with Gasteiger partial charge in [-0.3, -0.25) is 0 Å². The normalized spacial score (nSPS) is 10.8. The van der Waals surface area contributed by atoms with Crippen molar-refractivity contribution >= 4 is 26.8 Å². The maximum atomic E-state index is 5.52. The van der Waals surface area contributed by atoms with E-state index in [0.717, 1.165) is 37.8 Å². The standard InChI is InChI=1S/C24H20BrNO3/c1-27-22-11-16(12-23(28-2)24(22)29-3)21-14-18(15-7-5-4-6-8-15)19-13-17(25)9-10-20(19)26-21/h4-14H,1-3H3. The number of pyridine rings is 1. The van der Waals surface area contributed by atoms with Crippen molar-refractivity contribution in [2.75, 3.05) is 21.3 Å². The zero-order valence-corrected chi connectivity index (χ0v) is 18.0. The summed E-state index contributed by atoms with van der Waals surface area (Å²) in [5.41, 5.74) is 4.88. The number of halogens is 1. The summed E-state index contributed by atoms with van der Waals surface area (Å²) in [4.78, 5) is 4.91. The Kier molecular flexibility index (Phi) is 5.41. The van der Waals surface area contributed by atoms with Gasteiger partial charge in [0.25, 0.3) is 0 Å². The van der Waals surface area contributed by atoms with Crippen LogP contribution in [0.5, 0.6) is 17.2 Å². The van der Waals surface area contributed by atoms with Crippen LogP contribution in [0.25, 0.3) is 33.3 Å². The minimum atomic E-state index is 0.562. The quantitative estimate of drug-likeness (QED) is 0.355. The Balaban J connectivity index is 1.99. The molecule has 0 aliphatic rings. The highest BCUT2D eigenvalue weighted by Crippen LogP contribution is 2.42. The van der Waals surface area contributed by atoms with Crippen LogP contribution in [0.4, 0.5) is 0 Å². The first-order valence-electron chi connectivity index (χ1n) is 9.10. The highest BCUT2D eigenvalue weighted by molar-refractivity contribution is 9.10. The SMILES string of the molecule is COc1cc(-c2cc(-c3ccccc3)c3cc(Br)ccc3n2)cc(OC)c1OC. The molecule has 0 saturated carbocycles. The molecule has 146 valence electrons. The average molecular weight is 450 g/mol. The predicted molar refractivity (Wildman–Crippen MR) is 120 cm³/mol. The van der Waals surface area contributed by atoms with Gasteiger partial charge in [-0.15, -0.1) is 0 Å². The monoisotopic (exact) mass is 449 g/mol. The number of nitrogens with zero attached hydrogens (tertiary/aromatic N) is 1. The van der Waals surface area contributed by atoms with E-state index in [1.54, 1.807) is 21.3 Å². The van der Waals surface area contributed by atoms with Crippen molar-refractivity contribution in [1.82, 2.24) is 4.98 Å². The topological polar surface area (TPSA) is 40.6 Å². The van der Waals surface area contributed by atoms with Crippen LogP contribution in [-0.4, -0.2) is 26.3 Å². The van der Waals surface area contributed by atoms with Gasteiger partial charge in [-0.1, -0.05) is 46.3 Å². The van der Waals surface area contributed by atoms with E-state index in [1.807, 2.05) is 42.5 Å². The summed E-state index contributed by atoms with van der Waals surface area (Å²) in [5.74, 6) is 1.76. The van der Waals surface area contributed by atoms with Gasteiger partial charge < -0.3 is 14.2 Å². The molecule has 0 aliphatic heterocycles. The fourth-order valence-electron chi connectivity index (χ4n) is 3.43. The lowest BCUT2D eigenvalue weighted by Gasteiger charge is -2.15. The lowest BCUT2D eigenvalue weighted by molar-refractivity contribution is 0.324. The fourth-order valence-corrected chi connectivity index (χ4v) is 3.79. The van der Waals surface area contributed by atoms with Crippen molar-refractivity contribution < 1.29 is 14.2 Å². The second-order valence-electron chi connectivity index (χ2n) is 6.50. The number of aromatic nitrogens is 1. The summed E-state index contributed by atoms with van der Waals surface area (Å²) < 4.78 is 17.5. The van der Waals surface area contributed by atoms with Crippen LogP contribution in [0.3, 0.4) is 0 Å². The van der Waals surface area contributed by atoms with E-state index in [4.69, 9.17) is 19.2 Å². The van der Waals surface area contributed by atoms with Crippen LogP contribution in [0.15, 0.2) is 71.2 Å². The number of methoxy groups -OCH3 is 3. The first kappa shape index (κ1) is 19.3. The minimum absolute atomic E-state index is 0.562. The third-order valence-corrected chi connectivity index (χ3v) is 5.31. The summed E-state index contributed by atoms with van der Waals surface area (Å²) in [6.07, 6.45) is 0. The largest absolute Gasteiger partial charge is 0.493 e. The summed E-state index contributed by atoms with van der Waals surface area (Å²) >= 11 is 3.58. The lowest BCUT2D eigenvalue weighted by atomic mass is 9.98. The van der Waals surface area contributed by atoms with Crippen LogP contribution in [0.2, 0.25) is 0 Å². The molecular weight excluding hydrogens is 430 g/mol. The lowest BCUT2D eigenvalue weighted by Crippen LogP contribution is -1.97. The van der Waals surface area contributed by atoms with E-state index in [2.05, 4.69) is 40.2 Å². The Morgan fingerprint density at radius 3 is 2.03 bits per heavy atom. The number of benzene rings is 3. The van der Waals surface area contributed by atoms with E-state index < -0.39 is 0 Å². The molecule has 0 bridgehead atoms. The molecule has 0 N–H and O–H groups in total. The molecule has 4 rings (SSSR count). The highest BCUT2D eigenvalue weighted by Gasteiger charge is 2.16. The molecule has 0 atom stereocenters. The van der Waals surface area contributed by atoms with Crippen LogP contribution >= 0.6 is 15.9 Å². The molecule has 4 nitrogen and oxygen atoms in total. The van der Waals surface area contributed by atoms with Crippen molar-refractivity contribution in [3.8, 4) is 39.6 Å².